The van der Waals surface area contributed by atoms with Crippen LogP contribution in [0.25, 0.3) is 0 Å². The monoisotopic (exact) mass is 866 g/mol. The Morgan fingerprint density at radius 2 is 1.28 bits per heavy atom. The molecule has 17 heteroatoms. The van der Waals surface area contributed by atoms with Crippen LogP contribution in [0.15, 0.2) is 48.5 Å². The second-order valence-corrected chi connectivity index (χ2v) is 18.0. The number of halogens is 2. The van der Waals surface area contributed by atoms with Gasteiger partial charge in [0.25, 0.3) is 5.91 Å². The van der Waals surface area contributed by atoms with E-state index in [2.05, 4.69) is 15.3 Å². The summed E-state index contributed by atoms with van der Waals surface area (Å²) in [6, 6.07) is 15.6. The molecule has 3 aromatic rings. The third-order valence-corrected chi connectivity index (χ3v) is 11.9. The van der Waals surface area contributed by atoms with E-state index in [-0.39, 0.29) is 65.7 Å². The number of carbonyl (C=O) groups excluding carboxylic acids is 3. The molecule has 57 heavy (non-hydrogen) atoms. The highest BCUT2D eigenvalue weighted by molar-refractivity contribution is 7.84. The average molecular weight is 868 g/mol. The van der Waals surface area contributed by atoms with Gasteiger partial charge in [0.15, 0.2) is 34.0 Å². The highest BCUT2D eigenvalue weighted by Gasteiger charge is 2.35. The van der Waals surface area contributed by atoms with Crippen LogP contribution in [0.5, 0.6) is 11.5 Å². The Morgan fingerprint density at radius 3 is 1.75 bits per heavy atom. The van der Waals surface area contributed by atoms with E-state index in [1.54, 1.807) is 12.5 Å². The van der Waals surface area contributed by atoms with Crippen molar-refractivity contribution >= 4 is 62.3 Å². The summed E-state index contributed by atoms with van der Waals surface area (Å²) in [7, 11) is -1.81. The molecule has 1 aliphatic rings. The van der Waals surface area contributed by atoms with E-state index < -0.39 is 27.5 Å². The van der Waals surface area contributed by atoms with Crippen LogP contribution in [0.1, 0.15) is 73.0 Å². The highest BCUT2D eigenvalue weighted by Crippen LogP contribution is 2.25. The van der Waals surface area contributed by atoms with Crippen molar-refractivity contribution in [1.82, 2.24) is 15.3 Å². The lowest BCUT2D eigenvalue weighted by Gasteiger charge is -2.45. The van der Waals surface area contributed by atoms with Crippen molar-refractivity contribution in [3.05, 3.63) is 70.5 Å². The Balaban J connectivity index is 0.00000870. The molecule has 13 nitrogen and oxygen atoms in total. The number of carbonyl (C=O) groups is 3. The lowest BCUT2D eigenvalue weighted by atomic mass is 9.99. The molecular formula is C40H56Cl2N6O7S2. The fourth-order valence-electron chi connectivity index (χ4n) is 6.98. The van der Waals surface area contributed by atoms with Crippen LogP contribution in [0.4, 0.5) is 11.6 Å². The quantitative estimate of drug-likeness (QED) is 0.111. The fraction of sp³-hybridized carbons (Fsp3) is 0.525. The molecule has 2 aromatic carbocycles. The zero-order valence-electron chi connectivity index (χ0n) is 32.9. The molecule has 1 amide bonds. The maximum absolute atomic E-state index is 13.3. The van der Waals surface area contributed by atoms with Crippen molar-refractivity contribution in [1.29, 1.82) is 0 Å². The Bertz CT molecular complexity index is 1730. The van der Waals surface area contributed by atoms with Gasteiger partial charge in [-0.3, -0.25) is 22.8 Å². The number of nitrogens with one attached hydrogen (secondary N) is 1. The number of hydrogen-bond donors (Lipinski definition) is 3. The van der Waals surface area contributed by atoms with E-state index in [4.69, 9.17) is 32.5 Å². The molecule has 5 N–H and O–H groups in total. The molecule has 2 heterocycles. The molecule has 0 radical (unpaired) electrons. The first-order valence-electron chi connectivity index (χ1n) is 19.1. The number of amides is 1. The number of quaternary nitrogens is 1. The molecule has 0 spiro atoms. The molecule has 314 valence electrons. The summed E-state index contributed by atoms with van der Waals surface area (Å²) in [6.07, 6.45) is 10.5. The average Bonchev–Trinajstić information content (AvgIpc) is 3.15. The highest BCUT2D eigenvalue weighted by atomic mass is 35.5. The number of ether oxygens (including phenoxy) is 2. The predicted molar refractivity (Wildman–Crippen MR) is 223 cm³/mol. The van der Waals surface area contributed by atoms with Gasteiger partial charge in [-0.1, -0.05) is 35.9 Å². The minimum Gasteiger partial charge on any atom is -1.00 e. The summed E-state index contributed by atoms with van der Waals surface area (Å²) >= 11 is 6.06. The molecule has 3 atom stereocenters. The number of benzene rings is 2. The molecule has 2 unspecified atom stereocenters. The van der Waals surface area contributed by atoms with Crippen LogP contribution >= 0.6 is 11.6 Å². The molecule has 4 rings (SSSR count). The maximum atomic E-state index is 13.3. The Labute approximate surface area is 352 Å². The number of anilines is 2. The number of nitrogen functional groups attached to an aromatic ring is 2. The Hall–Kier alpha value is -3.63. The van der Waals surface area contributed by atoms with Gasteiger partial charge in [0.05, 0.1) is 32.2 Å². The molecular weight excluding hydrogens is 812 g/mol. The number of Topliss-reactive ketones (excluding diaryl/α,β-unsaturated/α-hetero) is 2. The smallest absolute Gasteiger partial charge is 0.274 e. The van der Waals surface area contributed by atoms with Gasteiger partial charge in [0.1, 0.15) is 24.7 Å². The third-order valence-electron chi connectivity index (χ3n) is 9.86. The summed E-state index contributed by atoms with van der Waals surface area (Å²) in [5.74, 6) is 1.78. The minimum atomic E-state index is -0.905. The fourth-order valence-corrected chi connectivity index (χ4v) is 8.21. The predicted octanol–water partition coefficient (Wildman–Crippen LogP) is 1.49. The number of nitrogens with zero attached hydrogens (tertiary/aromatic N) is 3. The van der Waals surface area contributed by atoms with Crippen LogP contribution in [0.2, 0.25) is 5.15 Å². The van der Waals surface area contributed by atoms with Crippen molar-refractivity contribution in [2.75, 3.05) is 74.9 Å². The summed E-state index contributed by atoms with van der Waals surface area (Å²) < 4.78 is 34.7. The number of ketones is 2. The normalized spacial score (nSPS) is 17.5. The zero-order chi connectivity index (χ0) is 40.5. The van der Waals surface area contributed by atoms with Gasteiger partial charge in [-0.2, -0.15) is 0 Å². The molecule has 0 bridgehead atoms. The zero-order valence-corrected chi connectivity index (χ0v) is 36.0. The van der Waals surface area contributed by atoms with E-state index in [1.807, 2.05) is 48.5 Å². The van der Waals surface area contributed by atoms with Gasteiger partial charge >= 0.3 is 0 Å². The summed E-state index contributed by atoms with van der Waals surface area (Å²) in [4.78, 5) is 45.6. The number of rotatable bonds is 24. The number of piperidine rings is 1. The van der Waals surface area contributed by atoms with Crippen molar-refractivity contribution in [3.8, 4) is 11.5 Å². The topological polar surface area (TPSA) is 194 Å². The van der Waals surface area contributed by atoms with Crippen molar-refractivity contribution < 1.29 is 49.2 Å². The first kappa shape index (κ1) is 47.7. The summed E-state index contributed by atoms with van der Waals surface area (Å²) in [5.41, 5.74) is 14.0. The standard InChI is InChI=1S/C40H55ClN6O7S2.ClH/c1-55(51)24-6-11-32(48)27-53-34-17-13-29(14-18-34)8-3-21-47(23-5-10-31(26-47)44-40(50)36-38(42)46-39(43)37(41)45-36)22-4-9-30-15-19-35(20-16-30)54-28-33(49)12-7-25-56(2)52;/h13-20,31H,3-12,21-28H2,1-2H3,(H4-,42,43,44,46,50);1H/t31-,47?,55?,56?;/m0./s1. The van der Waals surface area contributed by atoms with E-state index in [9.17, 15) is 22.8 Å². The minimum absolute atomic E-state index is 0. The van der Waals surface area contributed by atoms with Crippen LogP contribution in [0.3, 0.4) is 0 Å². The molecule has 1 aromatic heterocycles. The van der Waals surface area contributed by atoms with Crippen LogP contribution in [0, 0.1) is 0 Å². The van der Waals surface area contributed by atoms with Crippen molar-refractivity contribution in [3.63, 3.8) is 0 Å². The number of aryl methyl sites for hydroxylation is 2. The number of likely N-dealkylation sites (tertiary alicyclic amines) is 1. The SMILES string of the molecule is CS(=O)CCCC(=O)COc1ccc(CCC[N+]2(CCCc3ccc(OCC(=O)CCCS(C)=O)cc3)CCC[C@H](NC(=O)c3nc(Cl)c(N)nc3N)C2)cc1.[Cl-]. The van der Waals surface area contributed by atoms with Gasteiger partial charge in [-0.15, -0.1) is 0 Å². The van der Waals surface area contributed by atoms with Crippen LogP contribution in [-0.2, 0) is 44.0 Å². The molecule has 0 saturated carbocycles. The number of aromatic nitrogens is 2. The number of hydrogen-bond acceptors (Lipinski definition) is 11. The van der Waals surface area contributed by atoms with Gasteiger partial charge in [0.2, 0.25) is 0 Å². The lowest BCUT2D eigenvalue weighted by molar-refractivity contribution is -0.933. The van der Waals surface area contributed by atoms with Gasteiger partial charge in [-0.25, -0.2) is 9.97 Å². The maximum Gasteiger partial charge on any atom is 0.274 e. The molecule has 1 fully saturated rings. The van der Waals surface area contributed by atoms with Gasteiger partial charge in [-0.05, 0) is 73.9 Å². The van der Waals surface area contributed by atoms with Crippen LogP contribution in [-0.4, -0.2) is 110 Å². The van der Waals surface area contributed by atoms with Gasteiger partial charge < -0.3 is 43.1 Å². The largest absolute Gasteiger partial charge is 1.00 e. The third kappa shape index (κ3) is 17.0. The van der Waals surface area contributed by atoms with E-state index >= 15 is 0 Å². The first-order valence-corrected chi connectivity index (χ1v) is 23.0. The van der Waals surface area contributed by atoms with E-state index in [0.29, 0.717) is 48.7 Å². The molecule has 1 saturated heterocycles. The van der Waals surface area contributed by atoms with E-state index in [0.717, 1.165) is 69.2 Å². The van der Waals surface area contributed by atoms with Crippen molar-refractivity contribution in [2.24, 2.45) is 0 Å². The summed E-state index contributed by atoms with van der Waals surface area (Å²) in [6.45, 7) is 3.60. The van der Waals surface area contributed by atoms with Gasteiger partial charge in [0, 0.05) is 71.3 Å². The van der Waals surface area contributed by atoms with Crippen molar-refractivity contribution in [2.45, 2.75) is 70.3 Å². The first-order chi connectivity index (χ1) is 26.8. The second-order valence-electron chi connectivity index (χ2n) is 14.6. The summed E-state index contributed by atoms with van der Waals surface area (Å²) in [5, 5.41) is 3.07. The van der Waals surface area contributed by atoms with Crippen LogP contribution < -0.4 is 38.7 Å². The van der Waals surface area contributed by atoms with E-state index in [1.165, 1.54) is 11.1 Å². The Kier molecular flexibility index (Phi) is 20.4. The second kappa shape index (κ2) is 24.3. The lowest BCUT2D eigenvalue weighted by Crippen LogP contribution is -3.00. The molecule has 1 aliphatic heterocycles. The Morgan fingerprint density at radius 1 is 0.789 bits per heavy atom. The number of nitrogens with two attached hydrogens (primary N) is 2. The molecule has 0 aliphatic carbocycles.